The van der Waals surface area contributed by atoms with E-state index in [-0.39, 0.29) is 0 Å². The lowest BCUT2D eigenvalue weighted by Crippen LogP contribution is -2.23. The Labute approximate surface area is 206 Å². The Morgan fingerprint density at radius 1 is 0.853 bits per heavy atom. The largest absolute Gasteiger partial charge is 0.323 e. The Balaban J connectivity index is 1.39. The first kappa shape index (κ1) is 21.3. The van der Waals surface area contributed by atoms with E-state index in [9.17, 15) is 5.26 Å². The molecule has 0 atom stereocenters. The van der Waals surface area contributed by atoms with Gasteiger partial charge in [-0.1, -0.05) is 12.1 Å². The molecule has 6 heteroatoms. The molecule has 34 heavy (non-hydrogen) atoms. The number of nitrogens with one attached hydrogen (secondary N) is 2. The van der Waals surface area contributed by atoms with E-state index >= 15 is 0 Å². The predicted molar refractivity (Wildman–Crippen MR) is 145 cm³/mol. The van der Waals surface area contributed by atoms with Gasteiger partial charge in [-0.15, -0.1) is 22.7 Å². The fraction of sp³-hybridized carbons (Fsp3) is 0.214. The van der Waals surface area contributed by atoms with E-state index in [1.165, 1.54) is 37.7 Å². The van der Waals surface area contributed by atoms with Crippen molar-refractivity contribution in [2.24, 2.45) is 0 Å². The normalized spacial score (nSPS) is 16.3. The Morgan fingerprint density at radius 2 is 1.71 bits per heavy atom. The maximum Gasteiger partial charge on any atom is 0.323 e. The highest BCUT2D eigenvalue weighted by Crippen LogP contribution is 2.35. The van der Waals surface area contributed by atoms with Gasteiger partial charge in [-0.3, -0.25) is 0 Å². The predicted octanol–water partition coefficient (Wildman–Crippen LogP) is 6.45. The van der Waals surface area contributed by atoms with Gasteiger partial charge in [-0.05, 0) is 70.0 Å². The van der Waals surface area contributed by atoms with Crippen molar-refractivity contribution >= 4 is 54.0 Å². The SMILES string of the molecule is N#Cc1ccc2c(C3=C([N+]#Cc4ccc5scc(C6=CCCNC6)c5c4)CCNC3)csc2c1. The molecular weight excluding hydrogens is 456 g/mol. The van der Waals surface area contributed by atoms with E-state index in [1.54, 1.807) is 22.7 Å². The van der Waals surface area contributed by atoms with Crippen LogP contribution in [-0.4, -0.2) is 26.2 Å². The summed E-state index contributed by atoms with van der Waals surface area (Å²) >= 11 is 3.49. The van der Waals surface area contributed by atoms with Crippen LogP contribution in [0.2, 0.25) is 0 Å². The van der Waals surface area contributed by atoms with Gasteiger partial charge >= 0.3 is 11.8 Å². The Bertz CT molecular complexity index is 1580. The molecular formula is C28H23N4S2+. The summed E-state index contributed by atoms with van der Waals surface area (Å²) in [5.41, 5.74) is 7.96. The van der Waals surface area contributed by atoms with Crippen LogP contribution in [0.4, 0.5) is 0 Å². The van der Waals surface area contributed by atoms with Crippen molar-refractivity contribution < 1.29 is 0 Å². The highest BCUT2D eigenvalue weighted by Gasteiger charge is 2.24. The molecule has 2 aliphatic rings. The summed E-state index contributed by atoms with van der Waals surface area (Å²) in [7, 11) is 0. The molecule has 0 radical (unpaired) electrons. The van der Waals surface area contributed by atoms with Crippen molar-refractivity contribution in [1.82, 2.24) is 10.6 Å². The lowest BCUT2D eigenvalue weighted by molar-refractivity contribution is 0.724. The van der Waals surface area contributed by atoms with E-state index in [0.29, 0.717) is 5.56 Å². The Kier molecular flexibility index (Phi) is 5.74. The molecule has 4 nitrogen and oxygen atoms in total. The van der Waals surface area contributed by atoms with Gasteiger partial charge in [0.15, 0.2) is 0 Å². The minimum absolute atomic E-state index is 0.700. The molecule has 0 fully saturated rings. The molecule has 6 rings (SSSR count). The summed E-state index contributed by atoms with van der Waals surface area (Å²) in [5.74, 6) is 0. The van der Waals surface area contributed by atoms with Crippen LogP contribution in [-0.2, 0) is 0 Å². The van der Waals surface area contributed by atoms with E-state index in [4.69, 9.17) is 4.85 Å². The molecule has 0 saturated carbocycles. The number of benzene rings is 2. The van der Waals surface area contributed by atoms with Gasteiger partial charge < -0.3 is 10.6 Å². The van der Waals surface area contributed by atoms with Crippen LogP contribution in [0.5, 0.6) is 0 Å². The highest BCUT2D eigenvalue weighted by molar-refractivity contribution is 7.17. The number of nitrogens with zero attached hydrogens (tertiary/aromatic N) is 2. The molecule has 2 aromatic heterocycles. The number of nitriles is 1. The Morgan fingerprint density at radius 3 is 2.59 bits per heavy atom. The lowest BCUT2D eigenvalue weighted by atomic mass is 9.98. The van der Waals surface area contributed by atoms with E-state index in [2.05, 4.69) is 63.9 Å². The fourth-order valence-corrected chi connectivity index (χ4v) is 6.69. The van der Waals surface area contributed by atoms with Crippen molar-refractivity contribution in [2.75, 3.05) is 26.2 Å². The third-order valence-electron chi connectivity index (χ3n) is 6.49. The number of hydrogen-bond donors (Lipinski definition) is 2. The van der Waals surface area contributed by atoms with Gasteiger partial charge in [0.05, 0.1) is 23.6 Å². The average Bonchev–Trinajstić information content (AvgIpc) is 3.51. The van der Waals surface area contributed by atoms with Crippen LogP contribution in [0.15, 0.2) is 58.9 Å². The molecule has 2 N–H and O–H groups in total. The summed E-state index contributed by atoms with van der Waals surface area (Å²) in [6, 6.07) is 18.1. The molecule has 0 spiro atoms. The van der Waals surface area contributed by atoms with Crippen LogP contribution in [0.25, 0.3) is 36.2 Å². The van der Waals surface area contributed by atoms with Crippen LogP contribution >= 0.6 is 22.7 Å². The summed E-state index contributed by atoms with van der Waals surface area (Å²) in [6.45, 7) is 3.70. The van der Waals surface area contributed by atoms with E-state index in [0.717, 1.165) is 55.0 Å². The highest BCUT2D eigenvalue weighted by atomic mass is 32.1. The van der Waals surface area contributed by atoms with E-state index in [1.807, 2.05) is 12.1 Å². The zero-order valence-corrected chi connectivity index (χ0v) is 20.3. The molecule has 166 valence electrons. The third kappa shape index (κ3) is 3.96. The van der Waals surface area contributed by atoms with Crippen LogP contribution < -0.4 is 10.6 Å². The summed E-state index contributed by atoms with van der Waals surface area (Å²) in [6.07, 6.45) is 4.32. The van der Waals surface area contributed by atoms with Gasteiger partial charge in [0.25, 0.3) is 0 Å². The molecule has 4 aromatic rings. The van der Waals surface area contributed by atoms with Gasteiger partial charge in [0.1, 0.15) is 5.56 Å². The maximum absolute atomic E-state index is 9.22. The van der Waals surface area contributed by atoms with Crippen LogP contribution in [0.1, 0.15) is 35.1 Å². The second-order valence-electron chi connectivity index (χ2n) is 8.60. The number of hydrogen-bond acceptors (Lipinski definition) is 5. The molecule has 0 amide bonds. The molecule has 0 saturated heterocycles. The molecule has 2 aromatic carbocycles. The standard InChI is InChI=1S/C28H23N4S2/c29-12-18-3-5-21-25(17-34-28(21)11-18)23-15-31-9-7-26(23)32-13-19-4-6-27-22(10-19)24(16-33-27)20-2-1-8-30-14-20/h2-6,10-11,16-17,30-31H,1,7-9,14-15H2/q+1. The van der Waals surface area contributed by atoms with Crippen molar-refractivity contribution in [3.05, 3.63) is 86.0 Å². The molecule has 0 unspecified atom stereocenters. The second kappa shape index (κ2) is 9.18. The van der Waals surface area contributed by atoms with Crippen LogP contribution in [0.3, 0.4) is 0 Å². The molecule has 2 aliphatic heterocycles. The van der Waals surface area contributed by atoms with Gasteiger partial charge in [0, 0.05) is 45.4 Å². The summed E-state index contributed by atoms with van der Waals surface area (Å²) in [5, 5.41) is 23.2. The minimum Gasteiger partial charge on any atom is -0.312 e. The minimum atomic E-state index is 0.700. The smallest absolute Gasteiger partial charge is 0.312 e. The quantitative estimate of drug-likeness (QED) is 0.347. The first-order chi connectivity index (χ1) is 16.8. The summed E-state index contributed by atoms with van der Waals surface area (Å²) in [4.78, 5) is 4.88. The van der Waals surface area contributed by atoms with Crippen molar-refractivity contribution in [2.45, 2.75) is 12.8 Å². The lowest BCUT2D eigenvalue weighted by Gasteiger charge is -2.13. The van der Waals surface area contributed by atoms with Crippen molar-refractivity contribution in [1.29, 1.82) is 5.26 Å². The first-order valence-electron chi connectivity index (χ1n) is 11.5. The second-order valence-corrected chi connectivity index (χ2v) is 10.4. The van der Waals surface area contributed by atoms with Crippen LogP contribution in [0, 0.1) is 17.4 Å². The molecule has 4 heterocycles. The monoisotopic (exact) mass is 479 g/mol. The van der Waals surface area contributed by atoms with Crippen molar-refractivity contribution in [3.8, 4) is 12.1 Å². The maximum atomic E-state index is 9.22. The van der Waals surface area contributed by atoms with Crippen molar-refractivity contribution in [3.63, 3.8) is 0 Å². The number of rotatable bonds is 2. The topological polar surface area (TPSA) is 52.2 Å². The van der Waals surface area contributed by atoms with Gasteiger partial charge in [-0.25, -0.2) is 0 Å². The fourth-order valence-electron chi connectivity index (χ4n) is 4.71. The zero-order chi connectivity index (χ0) is 22.9. The zero-order valence-electron chi connectivity index (χ0n) is 18.6. The third-order valence-corrected chi connectivity index (χ3v) is 8.39. The van der Waals surface area contributed by atoms with Gasteiger partial charge in [-0.2, -0.15) is 5.26 Å². The number of fused-ring (bicyclic) bond motifs is 2. The summed E-state index contributed by atoms with van der Waals surface area (Å²) < 4.78 is 2.44. The average molecular weight is 480 g/mol. The van der Waals surface area contributed by atoms with Gasteiger partial charge in [0.2, 0.25) is 0 Å². The molecule has 0 aliphatic carbocycles. The Hall–Kier alpha value is -3.26. The van der Waals surface area contributed by atoms with E-state index < -0.39 is 0 Å². The first-order valence-corrected chi connectivity index (χ1v) is 13.3. The number of thiophene rings is 2. The molecule has 0 bridgehead atoms.